The lowest BCUT2D eigenvalue weighted by atomic mass is 10.00. The van der Waals surface area contributed by atoms with E-state index in [9.17, 15) is 8.78 Å². The summed E-state index contributed by atoms with van der Waals surface area (Å²) in [5.41, 5.74) is 5.17. The summed E-state index contributed by atoms with van der Waals surface area (Å²) in [5.74, 6) is 4.73. The monoisotopic (exact) mass is 368 g/mol. The Hall–Kier alpha value is -3.44. The molecule has 0 aliphatic rings. The van der Waals surface area contributed by atoms with Gasteiger partial charge in [-0.2, -0.15) is 0 Å². The van der Waals surface area contributed by atoms with Gasteiger partial charge in [0.15, 0.2) is 11.6 Å². The number of hydrogen-bond acceptors (Lipinski definition) is 0. The Labute approximate surface area is 163 Å². The van der Waals surface area contributed by atoms with Crippen LogP contribution in [0.15, 0.2) is 78.9 Å². The fourth-order valence-electron chi connectivity index (χ4n) is 3.16. The SMILES string of the molecule is CCc1ccc(C#Cc2ccc(-c3ccc4c(F)c(F)ccc4c3)cc2)cc1. The normalized spacial score (nSPS) is 10.5. The third-order valence-corrected chi connectivity index (χ3v) is 4.84. The van der Waals surface area contributed by atoms with Crippen LogP contribution >= 0.6 is 0 Å². The molecule has 2 heteroatoms. The molecule has 4 aromatic carbocycles. The largest absolute Gasteiger partial charge is 0.204 e. The highest BCUT2D eigenvalue weighted by molar-refractivity contribution is 5.88. The smallest absolute Gasteiger partial charge is 0.166 e. The zero-order valence-electron chi connectivity index (χ0n) is 15.5. The van der Waals surface area contributed by atoms with Crippen LogP contribution in [-0.4, -0.2) is 0 Å². The number of aryl methyl sites for hydroxylation is 1. The lowest BCUT2D eigenvalue weighted by Crippen LogP contribution is -1.87. The molecule has 0 spiro atoms. The predicted molar refractivity (Wildman–Crippen MR) is 111 cm³/mol. The molecule has 0 atom stereocenters. The van der Waals surface area contributed by atoms with Crippen molar-refractivity contribution >= 4 is 10.8 Å². The molecule has 0 N–H and O–H groups in total. The first-order valence-corrected chi connectivity index (χ1v) is 9.23. The van der Waals surface area contributed by atoms with E-state index in [1.165, 1.54) is 5.56 Å². The van der Waals surface area contributed by atoms with Gasteiger partial charge in [0.05, 0.1) is 0 Å². The van der Waals surface area contributed by atoms with Crippen LogP contribution in [-0.2, 0) is 6.42 Å². The molecule has 4 aromatic rings. The summed E-state index contributed by atoms with van der Waals surface area (Å²) in [6.07, 6.45) is 1.02. The fraction of sp³-hybridized carbons (Fsp3) is 0.0769. The summed E-state index contributed by atoms with van der Waals surface area (Å²) in [7, 11) is 0. The van der Waals surface area contributed by atoms with Gasteiger partial charge in [0.25, 0.3) is 0 Å². The molecule has 0 aromatic heterocycles. The minimum Gasteiger partial charge on any atom is -0.204 e. The molecule has 0 heterocycles. The summed E-state index contributed by atoms with van der Waals surface area (Å²) < 4.78 is 27.2. The number of fused-ring (bicyclic) bond motifs is 1. The standard InChI is InChI=1S/C26H18F2/c1-2-18-3-5-19(6-4-18)7-8-20-9-11-21(12-10-20)22-13-15-24-23(17-22)14-16-25(27)26(24)28/h3-6,9-17H,2H2,1H3. The van der Waals surface area contributed by atoms with Gasteiger partial charge in [0, 0.05) is 16.5 Å². The van der Waals surface area contributed by atoms with Gasteiger partial charge in [-0.05, 0) is 64.9 Å². The third kappa shape index (κ3) is 3.66. The maximum atomic E-state index is 13.9. The fourth-order valence-corrected chi connectivity index (χ4v) is 3.16. The topological polar surface area (TPSA) is 0 Å². The van der Waals surface area contributed by atoms with Crippen molar-refractivity contribution in [2.24, 2.45) is 0 Å². The van der Waals surface area contributed by atoms with Crippen molar-refractivity contribution in [1.29, 1.82) is 0 Å². The molecule has 28 heavy (non-hydrogen) atoms. The van der Waals surface area contributed by atoms with E-state index in [1.54, 1.807) is 18.2 Å². The van der Waals surface area contributed by atoms with Crippen LogP contribution in [0.4, 0.5) is 8.78 Å². The van der Waals surface area contributed by atoms with E-state index in [0.29, 0.717) is 10.8 Å². The van der Waals surface area contributed by atoms with Crippen molar-refractivity contribution in [3.8, 4) is 23.0 Å². The predicted octanol–water partition coefficient (Wildman–Crippen LogP) is 6.75. The minimum absolute atomic E-state index is 0.292. The molecular weight excluding hydrogens is 350 g/mol. The van der Waals surface area contributed by atoms with Gasteiger partial charge in [-0.1, -0.05) is 61.2 Å². The van der Waals surface area contributed by atoms with E-state index in [2.05, 4.69) is 30.9 Å². The second-order valence-electron chi connectivity index (χ2n) is 6.68. The highest BCUT2D eigenvalue weighted by Crippen LogP contribution is 2.27. The molecule has 0 nitrogen and oxygen atoms in total. The molecule has 0 amide bonds. The molecule has 0 saturated heterocycles. The second-order valence-corrected chi connectivity index (χ2v) is 6.68. The summed E-state index contributed by atoms with van der Waals surface area (Å²) >= 11 is 0. The van der Waals surface area contributed by atoms with Crippen molar-refractivity contribution in [3.05, 3.63) is 107 Å². The van der Waals surface area contributed by atoms with Crippen molar-refractivity contribution in [1.82, 2.24) is 0 Å². The van der Waals surface area contributed by atoms with Crippen LogP contribution in [0.2, 0.25) is 0 Å². The summed E-state index contributed by atoms with van der Waals surface area (Å²) in [5, 5.41) is 0.969. The number of benzene rings is 4. The molecule has 0 aliphatic carbocycles. The Morgan fingerprint density at radius 2 is 1.29 bits per heavy atom. The molecule has 0 unspecified atom stereocenters. The van der Waals surface area contributed by atoms with E-state index in [-0.39, 0.29) is 0 Å². The molecule has 0 radical (unpaired) electrons. The zero-order chi connectivity index (χ0) is 19.5. The van der Waals surface area contributed by atoms with Crippen molar-refractivity contribution in [3.63, 3.8) is 0 Å². The average molecular weight is 368 g/mol. The highest BCUT2D eigenvalue weighted by atomic mass is 19.2. The van der Waals surface area contributed by atoms with Gasteiger partial charge < -0.3 is 0 Å². The Kier molecular flexibility index (Phi) is 4.91. The Morgan fingerprint density at radius 1 is 0.679 bits per heavy atom. The van der Waals surface area contributed by atoms with Gasteiger partial charge in [0.1, 0.15) is 0 Å². The van der Waals surface area contributed by atoms with Crippen LogP contribution < -0.4 is 0 Å². The summed E-state index contributed by atoms with van der Waals surface area (Å²) in [6, 6.07) is 24.3. The molecular formula is C26H18F2. The van der Waals surface area contributed by atoms with Gasteiger partial charge in [-0.15, -0.1) is 0 Å². The van der Waals surface area contributed by atoms with Crippen molar-refractivity contribution in [2.45, 2.75) is 13.3 Å². The van der Waals surface area contributed by atoms with E-state index in [4.69, 9.17) is 0 Å². The van der Waals surface area contributed by atoms with E-state index in [0.717, 1.165) is 34.7 Å². The van der Waals surface area contributed by atoms with Crippen molar-refractivity contribution in [2.75, 3.05) is 0 Å². The highest BCUT2D eigenvalue weighted by Gasteiger charge is 2.08. The number of halogens is 2. The zero-order valence-corrected chi connectivity index (χ0v) is 15.5. The first-order valence-electron chi connectivity index (χ1n) is 9.23. The molecule has 4 rings (SSSR count). The second kappa shape index (κ2) is 7.66. The van der Waals surface area contributed by atoms with E-state index in [1.807, 2.05) is 42.5 Å². The third-order valence-electron chi connectivity index (χ3n) is 4.84. The molecule has 0 saturated carbocycles. The van der Waals surface area contributed by atoms with Crippen LogP contribution in [0.1, 0.15) is 23.6 Å². The van der Waals surface area contributed by atoms with Gasteiger partial charge in [0.2, 0.25) is 0 Å². The van der Waals surface area contributed by atoms with Gasteiger partial charge in [-0.3, -0.25) is 0 Å². The average Bonchev–Trinajstić information content (AvgIpc) is 2.75. The maximum Gasteiger partial charge on any atom is 0.166 e. The van der Waals surface area contributed by atoms with E-state index >= 15 is 0 Å². The quantitative estimate of drug-likeness (QED) is 0.343. The molecule has 0 bridgehead atoms. The van der Waals surface area contributed by atoms with Crippen LogP contribution in [0.3, 0.4) is 0 Å². The maximum absolute atomic E-state index is 13.9. The Balaban J connectivity index is 1.59. The first-order chi connectivity index (χ1) is 13.6. The minimum atomic E-state index is -0.826. The first kappa shape index (κ1) is 17.9. The summed E-state index contributed by atoms with van der Waals surface area (Å²) in [6.45, 7) is 2.13. The lowest BCUT2D eigenvalue weighted by molar-refractivity contribution is 0.517. The number of rotatable bonds is 2. The Morgan fingerprint density at radius 3 is 1.93 bits per heavy atom. The Bertz CT molecular complexity index is 1190. The van der Waals surface area contributed by atoms with Crippen LogP contribution in [0.5, 0.6) is 0 Å². The number of hydrogen-bond donors (Lipinski definition) is 0. The van der Waals surface area contributed by atoms with Crippen LogP contribution in [0, 0.1) is 23.5 Å². The summed E-state index contributed by atoms with van der Waals surface area (Å²) in [4.78, 5) is 0. The molecule has 136 valence electrons. The van der Waals surface area contributed by atoms with Crippen molar-refractivity contribution < 1.29 is 8.78 Å². The van der Waals surface area contributed by atoms with Crippen LogP contribution in [0.25, 0.3) is 21.9 Å². The molecule has 0 aliphatic heterocycles. The lowest BCUT2D eigenvalue weighted by Gasteiger charge is -2.06. The van der Waals surface area contributed by atoms with Gasteiger partial charge >= 0.3 is 0 Å². The van der Waals surface area contributed by atoms with E-state index < -0.39 is 11.6 Å². The molecule has 0 fully saturated rings. The van der Waals surface area contributed by atoms with Gasteiger partial charge in [-0.25, -0.2) is 8.78 Å².